The summed E-state index contributed by atoms with van der Waals surface area (Å²) in [6.07, 6.45) is 9.22. The van der Waals surface area contributed by atoms with Gasteiger partial charge in [-0.3, -0.25) is 0 Å². The predicted octanol–water partition coefficient (Wildman–Crippen LogP) is 3.55. The summed E-state index contributed by atoms with van der Waals surface area (Å²) in [6.45, 7) is 6.35. The molecule has 12 heavy (non-hydrogen) atoms. The molecule has 1 nitrogen and oxygen atoms in total. The third-order valence-corrected chi connectivity index (χ3v) is 2.19. The van der Waals surface area contributed by atoms with E-state index in [1.165, 1.54) is 19.3 Å². The molecular weight excluding hydrogens is 148 g/mol. The maximum atomic E-state index is 5.33. The number of ether oxygens (including phenoxy) is 1. The highest BCUT2D eigenvalue weighted by atomic mass is 16.5. The van der Waals surface area contributed by atoms with E-state index in [4.69, 9.17) is 4.74 Å². The first kappa shape index (κ1) is 11.7. The number of hydrogen-bond donors (Lipinski definition) is 0. The van der Waals surface area contributed by atoms with Crippen LogP contribution in [0.2, 0.25) is 0 Å². The molecule has 72 valence electrons. The van der Waals surface area contributed by atoms with Crippen molar-refractivity contribution in [1.82, 2.24) is 0 Å². The molecule has 0 saturated carbocycles. The Morgan fingerprint density at radius 1 is 1.25 bits per heavy atom. The van der Waals surface area contributed by atoms with Gasteiger partial charge in [0.25, 0.3) is 0 Å². The molecule has 0 aliphatic rings. The molecule has 0 aromatic rings. The maximum Gasteiger partial charge on any atom is 0.0622 e. The Kier molecular flexibility index (Phi) is 6.09. The van der Waals surface area contributed by atoms with Crippen molar-refractivity contribution < 1.29 is 4.74 Å². The van der Waals surface area contributed by atoms with Crippen LogP contribution < -0.4 is 0 Å². The van der Waals surface area contributed by atoms with Gasteiger partial charge in [-0.05, 0) is 40.0 Å². The minimum atomic E-state index is 0.0654. The second kappa shape index (κ2) is 6.24. The minimum absolute atomic E-state index is 0.0654. The first-order valence-electron chi connectivity index (χ1n) is 4.78. The maximum absolute atomic E-state index is 5.33. The summed E-state index contributed by atoms with van der Waals surface area (Å²) in [5.74, 6) is 0. The SMILES string of the molecule is C/C=C/CCCCC(C)(C)OC. The second-order valence-corrected chi connectivity index (χ2v) is 3.78. The first-order chi connectivity index (χ1) is 5.62. The van der Waals surface area contributed by atoms with Crippen LogP contribution in [0.3, 0.4) is 0 Å². The van der Waals surface area contributed by atoms with E-state index in [-0.39, 0.29) is 5.60 Å². The molecule has 0 saturated heterocycles. The zero-order valence-electron chi connectivity index (χ0n) is 8.89. The Morgan fingerprint density at radius 3 is 2.42 bits per heavy atom. The van der Waals surface area contributed by atoms with Crippen LogP contribution in [0, 0.1) is 0 Å². The number of methoxy groups -OCH3 is 1. The van der Waals surface area contributed by atoms with Crippen molar-refractivity contribution in [3.63, 3.8) is 0 Å². The fourth-order valence-corrected chi connectivity index (χ4v) is 1.08. The molecule has 0 fully saturated rings. The Morgan fingerprint density at radius 2 is 1.92 bits per heavy atom. The highest BCUT2D eigenvalue weighted by Crippen LogP contribution is 2.17. The average Bonchev–Trinajstić information content (AvgIpc) is 2.04. The summed E-state index contributed by atoms with van der Waals surface area (Å²) in [4.78, 5) is 0. The topological polar surface area (TPSA) is 9.23 Å². The Hall–Kier alpha value is -0.300. The van der Waals surface area contributed by atoms with E-state index in [9.17, 15) is 0 Å². The van der Waals surface area contributed by atoms with Crippen LogP contribution in [0.25, 0.3) is 0 Å². The fourth-order valence-electron chi connectivity index (χ4n) is 1.08. The van der Waals surface area contributed by atoms with Gasteiger partial charge >= 0.3 is 0 Å². The van der Waals surface area contributed by atoms with Gasteiger partial charge in [-0.15, -0.1) is 0 Å². The van der Waals surface area contributed by atoms with E-state index >= 15 is 0 Å². The van der Waals surface area contributed by atoms with Gasteiger partial charge in [-0.2, -0.15) is 0 Å². The van der Waals surface area contributed by atoms with Crippen molar-refractivity contribution in [2.24, 2.45) is 0 Å². The van der Waals surface area contributed by atoms with E-state index in [2.05, 4.69) is 32.9 Å². The van der Waals surface area contributed by atoms with Gasteiger partial charge in [-0.1, -0.05) is 18.6 Å². The fraction of sp³-hybridized carbons (Fsp3) is 0.818. The molecule has 0 aromatic carbocycles. The monoisotopic (exact) mass is 170 g/mol. The number of rotatable bonds is 6. The molecule has 0 rings (SSSR count). The highest BCUT2D eigenvalue weighted by molar-refractivity contribution is 4.77. The number of hydrogen-bond acceptors (Lipinski definition) is 1. The van der Waals surface area contributed by atoms with Crippen LogP contribution in [0.1, 0.15) is 46.5 Å². The van der Waals surface area contributed by atoms with Gasteiger partial charge in [0, 0.05) is 7.11 Å². The Bertz CT molecular complexity index is 125. The normalized spacial score (nSPS) is 12.7. The number of allylic oxidation sites excluding steroid dienone is 2. The van der Waals surface area contributed by atoms with Crippen LogP contribution in [-0.4, -0.2) is 12.7 Å². The van der Waals surface area contributed by atoms with E-state index in [0.29, 0.717) is 0 Å². The summed E-state index contributed by atoms with van der Waals surface area (Å²) in [5, 5.41) is 0. The summed E-state index contributed by atoms with van der Waals surface area (Å²) in [5.41, 5.74) is 0.0654. The van der Waals surface area contributed by atoms with Crippen LogP contribution >= 0.6 is 0 Å². The lowest BCUT2D eigenvalue weighted by Crippen LogP contribution is -2.21. The van der Waals surface area contributed by atoms with Gasteiger partial charge < -0.3 is 4.74 Å². The summed E-state index contributed by atoms with van der Waals surface area (Å²) < 4.78 is 5.33. The predicted molar refractivity (Wildman–Crippen MR) is 54.4 cm³/mol. The molecule has 0 N–H and O–H groups in total. The summed E-state index contributed by atoms with van der Waals surface area (Å²) >= 11 is 0. The zero-order chi connectivity index (χ0) is 9.45. The van der Waals surface area contributed by atoms with E-state index in [0.717, 1.165) is 6.42 Å². The molecular formula is C11H22O. The molecule has 0 spiro atoms. The van der Waals surface area contributed by atoms with Crippen molar-refractivity contribution in [1.29, 1.82) is 0 Å². The van der Waals surface area contributed by atoms with Crippen molar-refractivity contribution in [2.75, 3.05) is 7.11 Å². The van der Waals surface area contributed by atoms with Crippen LogP contribution in [0.5, 0.6) is 0 Å². The molecule has 0 aliphatic carbocycles. The van der Waals surface area contributed by atoms with Crippen molar-refractivity contribution in [3.8, 4) is 0 Å². The van der Waals surface area contributed by atoms with Crippen LogP contribution in [0.15, 0.2) is 12.2 Å². The lowest BCUT2D eigenvalue weighted by molar-refractivity contribution is 0.0136. The molecule has 0 bridgehead atoms. The molecule has 1 heteroatoms. The largest absolute Gasteiger partial charge is 0.379 e. The van der Waals surface area contributed by atoms with Gasteiger partial charge in [0.15, 0.2) is 0 Å². The molecule has 0 amide bonds. The van der Waals surface area contributed by atoms with Crippen LogP contribution in [0.4, 0.5) is 0 Å². The summed E-state index contributed by atoms with van der Waals surface area (Å²) in [7, 11) is 1.78. The standard InChI is InChI=1S/C11H22O/c1-5-6-7-8-9-10-11(2,3)12-4/h5-6H,7-10H2,1-4H3/b6-5+. The summed E-state index contributed by atoms with van der Waals surface area (Å²) in [6, 6.07) is 0. The molecule has 0 radical (unpaired) electrons. The molecule has 0 aromatic heterocycles. The van der Waals surface area contributed by atoms with Crippen LogP contribution in [-0.2, 0) is 4.74 Å². The van der Waals surface area contributed by atoms with Gasteiger partial charge in [-0.25, -0.2) is 0 Å². The Balaban J connectivity index is 3.30. The molecule has 0 heterocycles. The quantitative estimate of drug-likeness (QED) is 0.437. The van der Waals surface area contributed by atoms with Gasteiger partial charge in [0.2, 0.25) is 0 Å². The molecule has 0 aliphatic heterocycles. The minimum Gasteiger partial charge on any atom is -0.379 e. The van der Waals surface area contributed by atoms with Crippen molar-refractivity contribution in [3.05, 3.63) is 12.2 Å². The van der Waals surface area contributed by atoms with Gasteiger partial charge in [0.1, 0.15) is 0 Å². The van der Waals surface area contributed by atoms with E-state index in [1.807, 2.05) is 0 Å². The highest BCUT2D eigenvalue weighted by Gasteiger charge is 2.14. The molecule has 0 atom stereocenters. The van der Waals surface area contributed by atoms with Crippen molar-refractivity contribution >= 4 is 0 Å². The lowest BCUT2D eigenvalue weighted by atomic mass is 10.0. The zero-order valence-corrected chi connectivity index (χ0v) is 8.89. The third kappa shape index (κ3) is 6.41. The Labute approximate surface area is 76.8 Å². The van der Waals surface area contributed by atoms with Gasteiger partial charge in [0.05, 0.1) is 5.60 Å². The lowest BCUT2D eigenvalue weighted by Gasteiger charge is -2.22. The smallest absolute Gasteiger partial charge is 0.0622 e. The van der Waals surface area contributed by atoms with E-state index in [1.54, 1.807) is 7.11 Å². The number of unbranched alkanes of at least 4 members (excludes halogenated alkanes) is 2. The second-order valence-electron chi connectivity index (χ2n) is 3.78. The average molecular weight is 170 g/mol. The van der Waals surface area contributed by atoms with Crippen molar-refractivity contribution in [2.45, 2.75) is 52.1 Å². The third-order valence-electron chi connectivity index (χ3n) is 2.19. The van der Waals surface area contributed by atoms with E-state index < -0.39 is 0 Å². The first-order valence-corrected chi connectivity index (χ1v) is 4.78. The molecule has 0 unspecified atom stereocenters.